The third-order valence-corrected chi connectivity index (χ3v) is 5.20. The third-order valence-electron chi connectivity index (χ3n) is 3.09. The number of β-amino-alcohol motifs (C(OH)–C–C–N with tert-alkyl or cyclic N) is 1. The zero-order chi connectivity index (χ0) is 13.4. The number of rotatable bonds is 2. The number of sulfonamides is 1. The smallest absolute Gasteiger partial charge is 0.243 e. The highest BCUT2D eigenvalue weighted by Gasteiger charge is 2.35. The number of nitrogens with zero attached hydrogens (tertiary/aromatic N) is 1. The fraction of sp³-hybridized carbons (Fsp3) is 0.500. The minimum Gasteiger partial charge on any atom is -0.389 e. The van der Waals surface area contributed by atoms with Crippen LogP contribution in [0, 0.1) is 0 Å². The van der Waals surface area contributed by atoms with Gasteiger partial charge in [0.05, 0.1) is 10.5 Å². The first-order valence-corrected chi connectivity index (χ1v) is 7.61. The van der Waals surface area contributed by atoms with Crippen molar-refractivity contribution in [3.05, 3.63) is 29.3 Å². The summed E-state index contributed by atoms with van der Waals surface area (Å²) in [6.45, 7) is 2.25. The molecule has 1 heterocycles. The predicted molar refractivity (Wildman–Crippen MR) is 70.1 cm³/mol. The molecule has 0 radical (unpaired) electrons. The molecule has 0 spiro atoms. The Morgan fingerprint density at radius 3 is 2.50 bits per heavy atom. The normalized spacial score (nSPS) is 26.2. The molecule has 1 saturated heterocycles. The zero-order valence-electron chi connectivity index (χ0n) is 10.1. The van der Waals surface area contributed by atoms with E-state index in [2.05, 4.69) is 0 Å². The molecule has 18 heavy (non-hydrogen) atoms. The second-order valence-electron chi connectivity index (χ2n) is 4.89. The Labute approximate surface area is 112 Å². The van der Waals surface area contributed by atoms with E-state index in [-0.39, 0.29) is 11.4 Å². The van der Waals surface area contributed by atoms with Crippen molar-refractivity contribution >= 4 is 21.6 Å². The molecule has 0 aromatic heterocycles. The molecule has 1 N–H and O–H groups in total. The van der Waals surface area contributed by atoms with E-state index in [0.29, 0.717) is 24.4 Å². The number of hydrogen-bond donors (Lipinski definition) is 1. The molecule has 0 amide bonds. The Bertz CT molecular complexity index is 525. The molecule has 100 valence electrons. The van der Waals surface area contributed by atoms with E-state index in [1.54, 1.807) is 19.1 Å². The topological polar surface area (TPSA) is 57.6 Å². The summed E-state index contributed by atoms with van der Waals surface area (Å²) in [4.78, 5) is 0.213. The number of benzene rings is 1. The van der Waals surface area contributed by atoms with E-state index in [1.165, 1.54) is 16.4 Å². The van der Waals surface area contributed by atoms with Crippen molar-refractivity contribution in [1.29, 1.82) is 0 Å². The molecule has 1 aliphatic rings. The SMILES string of the molecule is CC1(O)CCCN(S(=O)(=O)c2ccc(Cl)cc2)C1. The highest BCUT2D eigenvalue weighted by atomic mass is 35.5. The van der Waals surface area contributed by atoms with Gasteiger partial charge in [0.15, 0.2) is 0 Å². The van der Waals surface area contributed by atoms with Gasteiger partial charge >= 0.3 is 0 Å². The first-order valence-electron chi connectivity index (χ1n) is 5.79. The number of hydrogen-bond acceptors (Lipinski definition) is 3. The zero-order valence-corrected chi connectivity index (χ0v) is 11.7. The van der Waals surface area contributed by atoms with Crippen molar-refractivity contribution < 1.29 is 13.5 Å². The van der Waals surface area contributed by atoms with Crippen molar-refractivity contribution in [3.8, 4) is 0 Å². The quantitative estimate of drug-likeness (QED) is 0.904. The second-order valence-corrected chi connectivity index (χ2v) is 7.27. The van der Waals surface area contributed by atoms with Gasteiger partial charge in [-0.3, -0.25) is 0 Å². The molecule has 1 unspecified atom stereocenters. The second kappa shape index (κ2) is 4.81. The van der Waals surface area contributed by atoms with Gasteiger partial charge in [0, 0.05) is 18.1 Å². The Morgan fingerprint density at radius 2 is 1.94 bits per heavy atom. The lowest BCUT2D eigenvalue weighted by molar-refractivity contribution is 0.00940. The summed E-state index contributed by atoms with van der Waals surface area (Å²) in [5.74, 6) is 0. The molecule has 6 heteroatoms. The highest BCUT2D eigenvalue weighted by molar-refractivity contribution is 7.89. The third kappa shape index (κ3) is 2.85. The van der Waals surface area contributed by atoms with Crippen molar-refractivity contribution in [1.82, 2.24) is 4.31 Å². The molecule has 1 atom stereocenters. The highest BCUT2D eigenvalue weighted by Crippen LogP contribution is 2.26. The maximum absolute atomic E-state index is 12.4. The van der Waals surface area contributed by atoms with E-state index in [0.717, 1.165) is 0 Å². The fourth-order valence-corrected chi connectivity index (χ4v) is 3.86. The van der Waals surface area contributed by atoms with Gasteiger partial charge in [0.25, 0.3) is 0 Å². The fourth-order valence-electron chi connectivity index (χ4n) is 2.14. The van der Waals surface area contributed by atoms with E-state index >= 15 is 0 Å². The van der Waals surface area contributed by atoms with E-state index in [1.807, 2.05) is 0 Å². The average Bonchev–Trinajstić information content (AvgIpc) is 2.28. The van der Waals surface area contributed by atoms with E-state index in [9.17, 15) is 13.5 Å². The summed E-state index contributed by atoms with van der Waals surface area (Å²) >= 11 is 5.74. The van der Waals surface area contributed by atoms with Gasteiger partial charge in [-0.15, -0.1) is 0 Å². The Hall–Kier alpha value is -0.620. The Kier molecular flexibility index (Phi) is 3.69. The van der Waals surface area contributed by atoms with Gasteiger partial charge in [-0.25, -0.2) is 8.42 Å². The molecule has 1 aliphatic heterocycles. The van der Waals surface area contributed by atoms with Crippen molar-refractivity contribution in [2.75, 3.05) is 13.1 Å². The molecule has 2 rings (SSSR count). The first-order chi connectivity index (χ1) is 8.31. The van der Waals surface area contributed by atoms with E-state index < -0.39 is 15.6 Å². The lowest BCUT2D eigenvalue weighted by Gasteiger charge is -2.35. The van der Waals surface area contributed by atoms with Crippen LogP contribution >= 0.6 is 11.6 Å². The van der Waals surface area contributed by atoms with Gasteiger partial charge in [-0.2, -0.15) is 4.31 Å². The van der Waals surface area contributed by atoms with Crippen LogP contribution < -0.4 is 0 Å². The molecular formula is C12H16ClNO3S. The van der Waals surface area contributed by atoms with Crippen LogP contribution in [0.25, 0.3) is 0 Å². The van der Waals surface area contributed by atoms with Gasteiger partial charge < -0.3 is 5.11 Å². The summed E-state index contributed by atoms with van der Waals surface area (Å²) in [7, 11) is -3.54. The first kappa shape index (κ1) is 13.8. The van der Waals surface area contributed by atoms with E-state index in [4.69, 9.17) is 11.6 Å². The molecule has 1 aromatic carbocycles. The summed E-state index contributed by atoms with van der Waals surface area (Å²) in [5.41, 5.74) is -0.947. The standard InChI is InChI=1S/C12H16ClNO3S/c1-12(15)7-2-8-14(9-12)18(16,17)11-5-3-10(13)4-6-11/h3-6,15H,2,7-9H2,1H3. The molecule has 0 saturated carbocycles. The van der Waals surface area contributed by atoms with Crippen LogP contribution in [0.3, 0.4) is 0 Å². The van der Waals surface area contributed by atoms with Crippen LogP contribution in [0.2, 0.25) is 5.02 Å². The van der Waals surface area contributed by atoms with Crippen LogP contribution in [0.15, 0.2) is 29.2 Å². The summed E-state index contributed by atoms with van der Waals surface area (Å²) in [5, 5.41) is 10.5. The van der Waals surface area contributed by atoms with Crippen molar-refractivity contribution in [2.24, 2.45) is 0 Å². The molecule has 1 aromatic rings. The van der Waals surface area contributed by atoms with Gasteiger partial charge in [-0.1, -0.05) is 11.6 Å². The van der Waals surface area contributed by atoms with Crippen molar-refractivity contribution in [3.63, 3.8) is 0 Å². The van der Waals surface area contributed by atoms with Crippen LogP contribution in [-0.4, -0.2) is 36.5 Å². The Balaban J connectivity index is 2.28. The molecule has 0 bridgehead atoms. The van der Waals surface area contributed by atoms with Gasteiger partial charge in [-0.05, 0) is 44.0 Å². The maximum Gasteiger partial charge on any atom is 0.243 e. The van der Waals surface area contributed by atoms with Crippen LogP contribution in [0.5, 0.6) is 0 Å². The van der Waals surface area contributed by atoms with Gasteiger partial charge in [0.2, 0.25) is 10.0 Å². The largest absolute Gasteiger partial charge is 0.389 e. The average molecular weight is 290 g/mol. The lowest BCUT2D eigenvalue weighted by Crippen LogP contribution is -2.48. The van der Waals surface area contributed by atoms with Crippen LogP contribution in [0.1, 0.15) is 19.8 Å². The minimum atomic E-state index is -3.54. The molecule has 1 fully saturated rings. The van der Waals surface area contributed by atoms with Gasteiger partial charge in [0.1, 0.15) is 0 Å². The van der Waals surface area contributed by atoms with Crippen molar-refractivity contribution in [2.45, 2.75) is 30.3 Å². The molecule has 0 aliphatic carbocycles. The summed E-state index contributed by atoms with van der Waals surface area (Å²) in [6, 6.07) is 6.08. The number of piperidine rings is 1. The lowest BCUT2D eigenvalue weighted by atomic mass is 9.97. The summed E-state index contributed by atoms with van der Waals surface area (Å²) in [6.07, 6.45) is 1.29. The summed E-state index contributed by atoms with van der Waals surface area (Å²) < 4.78 is 26.0. The monoisotopic (exact) mass is 289 g/mol. The minimum absolute atomic E-state index is 0.137. The molecular weight excluding hydrogens is 274 g/mol. The number of aliphatic hydroxyl groups is 1. The predicted octanol–water partition coefficient (Wildman–Crippen LogP) is 1.88. The van der Waals surface area contributed by atoms with Crippen LogP contribution in [0.4, 0.5) is 0 Å². The maximum atomic E-state index is 12.4. The Morgan fingerprint density at radius 1 is 1.33 bits per heavy atom. The molecule has 4 nitrogen and oxygen atoms in total. The van der Waals surface area contributed by atoms with Crippen LogP contribution in [-0.2, 0) is 10.0 Å². The number of halogens is 1.